The van der Waals surface area contributed by atoms with Crippen molar-refractivity contribution in [2.45, 2.75) is 49.7 Å². The molecule has 0 atom stereocenters. The summed E-state index contributed by atoms with van der Waals surface area (Å²) in [6.07, 6.45) is 5.42. The molecule has 0 amide bonds. The lowest BCUT2D eigenvalue weighted by molar-refractivity contribution is 0.0341. The molecule has 0 unspecified atom stereocenters. The molecule has 0 radical (unpaired) electrons. The van der Waals surface area contributed by atoms with Crippen LogP contribution in [-0.2, 0) is 27.8 Å². The standard InChI is InChI=1S/C22H30N4O3S/c27-30(28,25-20-7-3-4-8-20)21-9-10-22(24-16-21)23-15-18-5-1-2-6-19(18)17-26-11-13-29-14-12-26/h1-2,5-6,9-10,16,20,25H,3-4,7-8,11-15,17H2,(H,23,24). The highest BCUT2D eigenvalue weighted by molar-refractivity contribution is 7.89. The van der Waals surface area contributed by atoms with E-state index in [1.807, 2.05) is 6.07 Å². The molecular formula is C22H30N4O3S. The molecule has 2 N–H and O–H groups in total. The second kappa shape index (κ2) is 9.87. The van der Waals surface area contributed by atoms with Gasteiger partial charge in [-0.25, -0.2) is 18.1 Å². The van der Waals surface area contributed by atoms with Crippen molar-refractivity contribution in [3.05, 3.63) is 53.7 Å². The van der Waals surface area contributed by atoms with Gasteiger partial charge in [0.1, 0.15) is 10.7 Å². The fourth-order valence-corrected chi connectivity index (χ4v) is 5.29. The number of benzene rings is 1. The van der Waals surface area contributed by atoms with E-state index in [4.69, 9.17) is 4.74 Å². The molecule has 162 valence electrons. The van der Waals surface area contributed by atoms with Gasteiger partial charge in [0.05, 0.1) is 13.2 Å². The molecule has 2 heterocycles. The Balaban J connectivity index is 1.36. The van der Waals surface area contributed by atoms with Crippen LogP contribution in [0.2, 0.25) is 0 Å². The summed E-state index contributed by atoms with van der Waals surface area (Å²) in [5.74, 6) is 0.663. The number of anilines is 1. The third-order valence-electron chi connectivity index (χ3n) is 5.80. The van der Waals surface area contributed by atoms with Gasteiger partial charge in [0.2, 0.25) is 10.0 Å². The first-order valence-corrected chi connectivity index (χ1v) is 12.2. The van der Waals surface area contributed by atoms with Crippen LogP contribution in [0.15, 0.2) is 47.5 Å². The van der Waals surface area contributed by atoms with Gasteiger partial charge in [0.15, 0.2) is 0 Å². The van der Waals surface area contributed by atoms with E-state index in [2.05, 4.69) is 38.1 Å². The smallest absolute Gasteiger partial charge is 0.242 e. The quantitative estimate of drug-likeness (QED) is 0.670. The summed E-state index contributed by atoms with van der Waals surface area (Å²) >= 11 is 0. The van der Waals surface area contributed by atoms with Gasteiger partial charge >= 0.3 is 0 Å². The van der Waals surface area contributed by atoms with Crippen LogP contribution in [0.1, 0.15) is 36.8 Å². The molecule has 1 saturated carbocycles. The first-order valence-electron chi connectivity index (χ1n) is 10.7. The SMILES string of the molecule is O=S(=O)(NC1CCCC1)c1ccc(NCc2ccccc2CN2CCOCC2)nc1. The number of nitrogens with one attached hydrogen (secondary N) is 2. The van der Waals surface area contributed by atoms with Crippen LogP contribution in [0, 0.1) is 0 Å². The van der Waals surface area contributed by atoms with E-state index in [1.165, 1.54) is 17.3 Å². The van der Waals surface area contributed by atoms with Crippen LogP contribution in [0.5, 0.6) is 0 Å². The lowest BCUT2D eigenvalue weighted by Gasteiger charge is -2.27. The molecule has 2 fully saturated rings. The molecular weight excluding hydrogens is 400 g/mol. The maximum atomic E-state index is 12.5. The van der Waals surface area contributed by atoms with Gasteiger partial charge in [-0.05, 0) is 36.1 Å². The molecule has 2 aliphatic rings. The molecule has 0 bridgehead atoms. The molecule has 30 heavy (non-hydrogen) atoms. The fourth-order valence-electron chi connectivity index (χ4n) is 4.05. The second-order valence-electron chi connectivity index (χ2n) is 7.99. The third-order valence-corrected chi connectivity index (χ3v) is 7.31. The maximum Gasteiger partial charge on any atom is 0.242 e. The Hall–Kier alpha value is -2.00. The minimum Gasteiger partial charge on any atom is -0.379 e. The average molecular weight is 431 g/mol. The maximum absolute atomic E-state index is 12.5. The molecule has 2 aromatic rings. The van der Waals surface area contributed by atoms with Crippen LogP contribution in [0.25, 0.3) is 0 Å². The lowest BCUT2D eigenvalue weighted by atomic mass is 10.1. The summed E-state index contributed by atoms with van der Waals surface area (Å²) < 4.78 is 33.3. The second-order valence-corrected chi connectivity index (χ2v) is 9.71. The minimum absolute atomic E-state index is 0.0516. The molecule has 1 aromatic heterocycles. The number of nitrogens with zero attached hydrogens (tertiary/aromatic N) is 2. The summed E-state index contributed by atoms with van der Waals surface area (Å²) in [4.78, 5) is 6.94. The van der Waals surface area contributed by atoms with Gasteiger partial charge in [0, 0.05) is 38.4 Å². The molecule has 4 rings (SSSR count). The highest BCUT2D eigenvalue weighted by Gasteiger charge is 2.23. The predicted octanol–water partition coefficient (Wildman–Crippen LogP) is 2.75. The monoisotopic (exact) mass is 430 g/mol. The van der Waals surface area contributed by atoms with Crippen molar-refractivity contribution >= 4 is 15.8 Å². The van der Waals surface area contributed by atoms with Crippen LogP contribution in [0.3, 0.4) is 0 Å². The largest absolute Gasteiger partial charge is 0.379 e. The Bertz CT molecular complexity index is 922. The molecule has 0 spiro atoms. The Morgan fingerprint density at radius 2 is 1.77 bits per heavy atom. The Kier molecular flexibility index (Phi) is 6.99. The van der Waals surface area contributed by atoms with E-state index < -0.39 is 10.0 Å². The van der Waals surface area contributed by atoms with Crippen molar-refractivity contribution in [3.63, 3.8) is 0 Å². The summed E-state index contributed by atoms with van der Waals surface area (Å²) in [7, 11) is -3.51. The third kappa shape index (κ3) is 5.57. The summed E-state index contributed by atoms with van der Waals surface area (Å²) in [5.41, 5.74) is 2.50. The highest BCUT2D eigenvalue weighted by atomic mass is 32.2. The predicted molar refractivity (Wildman–Crippen MR) is 117 cm³/mol. The van der Waals surface area contributed by atoms with Gasteiger partial charge in [-0.2, -0.15) is 0 Å². The number of ether oxygens (including phenoxy) is 1. The summed E-state index contributed by atoms with van der Waals surface area (Å²) in [5, 5.41) is 3.32. The van der Waals surface area contributed by atoms with Crippen LogP contribution in [0.4, 0.5) is 5.82 Å². The van der Waals surface area contributed by atoms with E-state index in [-0.39, 0.29) is 10.9 Å². The molecule has 8 heteroatoms. The van der Waals surface area contributed by atoms with E-state index in [9.17, 15) is 8.42 Å². The van der Waals surface area contributed by atoms with E-state index >= 15 is 0 Å². The number of hydrogen-bond acceptors (Lipinski definition) is 6. The number of morpholine rings is 1. The van der Waals surface area contributed by atoms with E-state index in [0.717, 1.165) is 58.5 Å². The van der Waals surface area contributed by atoms with Gasteiger partial charge < -0.3 is 10.1 Å². The van der Waals surface area contributed by atoms with Crippen LogP contribution < -0.4 is 10.0 Å². The Morgan fingerprint density at radius 1 is 1.03 bits per heavy atom. The van der Waals surface area contributed by atoms with E-state index in [1.54, 1.807) is 12.1 Å². The van der Waals surface area contributed by atoms with Crippen LogP contribution in [-0.4, -0.2) is 50.6 Å². The van der Waals surface area contributed by atoms with Crippen molar-refractivity contribution < 1.29 is 13.2 Å². The van der Waals surface area contributed by atoms with Crippen molar-refractivity contribution in [2.75, 3.05) is 31.6 Å². The molecule has 1 aromatic carbocycles. The Morgan fingerprint density at radius 3 is 2.47 bits per heavy atom. The molecule has 1 aliphatic heterocycles. The van der Waals surface area contributed by atoms with E-state index in [0.29, 0.717) is 12.4 Å². The number of sulfonamides is 1. The number of pyridine rings is 1. The van der Waals surface area contributed by atoms with Crippen molar-refractivity contribution in [2.24, 2.45) is 0 Å². The molecule has 1 saturated heterocycles. The zero-order chi connectivity index (χ0) is 20.8. The lowest BCUT2D eigenvalue weighted by Crippen LogP contribution is -2.35. The summed E-state index contributed by atoms with van der Waals surface area (Å²) in [6, 6.07) is 11.8. The minimum atomic E-state index is -3.51. The Labute approximate surface area is 178 Å². The van der Waals surface area contributed by atoms with Crippen molar-refractivity contribution in [1.82, 2.24) is 14.6 Å². The molecule has 1 aliphatic carbocycles. The summed E-state index contributed by atoms with van der Waals surface area (Å²) in [6.45, 7) is 5.02. The van der Waals surface area contributed by atoms with Crippen molar-refractivity contribution in [1.29, 1.82) is 0 Å². The normalized spacial score (nSPS) is 18.5. The zero-order valence-electron chi connectivity index (χ0n) is 17.2. The van der Waals surface area contributed by atoms with Gasteiger partial charge in [-0.3, -0.25) is 4.90 Å². The van der Waals surface area contributed by atoms with Crippen molar-refractivity contribution in [3.8, 4) is 0 Å². The fraction of sp³-hybridized carbons (Fsp3) is 0.500. The topological polar surface area (TPSA) is 83.6 Å². The highest BCUT2D eigenvalue weighted by Crippen LogP contribution is 2.21. The number of hydrogen-bond donors (Lipinski definition) is 2. The average Bonchev–Trinajstić information content (AvgIpc) is 3.26. The zero-order valence-corrected chi connectivity index (χ0v) is 18.0. The van der Waals surface area contributed by atoms with Crippen LogP contribution >= 0.6 is 0 Å². The van der Waals surface area contributed by atoms with Gasteiger partial charge in [-0.1, -0.05) is 37.1 Å². The number of rotatable bonds is 8. The first-order chi connectivity index (χ1) is 14.6. The first kappa shape index (κ1) is 21.2. The number of aromatic nitrogens is 1. The van der Waals surface area contributed by atoms with Gasteiger partial charge in [-0.15, -0.1) is 0 Å². The molecule has 7 nitrogen and oxygen atoms in total. The van der Waals surface area contributed by atoms with Gasteiger partial charge in [0.25, 0.3) is 0 Å².